The van der Waals surface area contributed by atoms with E-state index in [4.69, 9.17) is 0 Å². The molecule has 10 aromatic rings. The number of hydrogen-bond acceptors (Lipinski definition) is 1. The Morgan fingerprint density at radius 2 is 0.889 bits per heavy atom. The van der Waals surface area contributed by atoms with Crippen molar-refractivity contribution in [1.29, 1.82) is 0 Å². The minimum atomic E-state index is -0.494. The highest BCUT2D eigenvalue weighted by atomic mass is 15.1. The van der Waals surface area contributed by atoms with Gasteiger partial charge in [0, 0.05) is 33.5 Å². The van der Waals surface area contributed by atoms with Crippen LogP contribution in [0.5, 0.6) is 0 Å². The number of hydrogen-bond donors (Lipinski definition) is 0. The van der Waals surface area contributed by atoms with Crippen LogP contribution < -0.4 is 4.90 Å². The Hall–Kier alpha value is -7.94. The maximum Gasteiger partial charge on any atom is 0.0714 e. The molecule has 0 saturated carbocycles. The van der Waals surface area contributed by atoms with E-state index in [1.807, 2.05) is 0 Å². The molecule has 12 rings (SSSR count). The van der Waals surface area contributed by atoms with Gasteiger partial charge in [-0.15, -0.1) is 0 Å². The van der Waals surface area contributed by atoms with E-state index in [9.17, 15) is 0 Å². The van der Waals surface area contributed by atoms with Crippen molar-refractivity contribution in [2.24, 2.45) is 0 Å². The Bertz CT molecular complexity index is 3260. The van der Waals surface area contributed by atoms with Crippen LogP contribution in [0, 0.1) is 0 Å². The third kappa shape index (κ3) is 6.02. The second kappa shape index (κ2) is 15.2. The van der Waals surface area contributed by atoms with Crippen LogP contribution in [-0.2, 0) is 5.41 Å². The van der Waals surface area contributed by atoms with Crippen LogP contribution in [0.3, 0.4) is 0 Å². The summed E-state index contributed by atoms with van der Waals surface area (Å²) in [4.78, 5) is 2.43. The topological polar surface area (TPSA) is 8.17 Å². The van der Waals surface area contributed by atoms with E-state index in [0.717, 1.165) is 29.9 Å². The number of anilines is 3. The van der Waals surface area contributed by atoms with Crippen molar-refractivity contribution in [2.75, 3.05) is 4.90 Å². The fraction of sp³-hybridized carbons (Fsp3) is 0.0492. The lowest BCUT2D eigenvalue weighted by atomic mass is 9.67. The molecule has 0 aliphatic heterocycles. The van der Waals surface area contributed by atoms with E-state index < -0.39 is 5.41 Å². The maximum atomic E-state index is 2.46. The molecule has 0 saturated heterocycles. The van der Waals surface area contributed by atoms with Crippen molar-refractivity contribution >= 4 is 50.1 Å². The molecule has 0 atom stereocenters. The van der Waals surface area contributed by atoms with Gasteiger partial charge in [-0.05, 0) is 123 Å². The summed E-state index contributed by atoms with van der Waals surface area (Å²) in [7, 11) is 0. The summed E-state index contributed by atoms with van der Waals surface area (Å²) in [5.41, 5.74) is 19.3. The summed E-state index contributed by atoms with van der Waals surface area (Å²) in [6.07, 6.45) is 6.79. The molecule has 2 nitrogen and oxygen atoms in total. The molecule has 0 fully saturated rings. The van der Waals surface area contributed by atoms with Gasteiger partial charge >= 0.3 is 0 Å². The van der Waals surface area contributed by atoms with Crippen molar-refractivity contribution < 1.29 is 0 Å². The van der Waals surface area contributed by atoms with E-state index in [0.29, 0.717) is 0 Å². The average molecular weight is 805 g/mol. The first-order chi connectivity index (χ1) is 31.3. The fourth-order valence-corrected chi connectivity index (χ4v) is 10.5. The smallest absolute Gasteiger partial charge is 0.0714 e. The highest BCUT2D eigenvalue weighted by molar-refractivity contribution is 6.10. The van der Waals surface area contributed by atoms with Crippen LogP contribution >= 0.6 is 0 Å². The molecular formula is C61H44N2. The third-order valence-corrected chi connectivity index (χ3v) is 13.4. The van der Waals surface area contributed by atoms with Crippen LogP contribution in [0.4, 0.5) is 17.1 Å². The Morgan fingerprint density at radius 3 is 1.52 bits per heavy atom. The van der Waals surface area contributed by atoms with Gasteiger partial charge in [0.2, 0.25) is 0 Å². The quantitative estimate of drug-likeness (QED) is 0.149. The van der Waals surface area contributed by atoms with Crippen molar-refractivity contribution in [3.63, 3.8) is 0 Å². The van der Waals surface area contributed by atoms with Gasteiger partial charge in [-0.25, -0.2) is 0 Å². The largest absolute Gasteiger partial charge is 0.310 e. The van der Waals surface area contributed by atoms with Gasteiger partial charge in [0.05, 0.1) is 16.4 Å². The molecular weight excluding hydrogens is 761 g/mol. The number of fused-ring (bicyclic) bond motifs is 6. The molecule has 0 spiro atoms. The Morgan fingerprint density at radius 1 is 0.397 bits per heavy atom. The predicted molar refractivity (Wildman–Crippen MR) is 265 cm³/mol. The minimum Gasteiger partial charge on any atom is -0.310 e. The highest BCUT2D eigenvalue weighted by Gasteiger charge is 2.46. The van der Waals surface area contributed by atoms with Gasteiger partial charge in [0.15, 0.2) is 0 Å². The van der Waals surface area contributed by atoms with E-state index in [2.05, 4.69) is 252 Å². The Kier molecular flexibility index (Phi) is 8.90. The zero-order chi connectivity index (χ0) is 41.7. The maximum absolute atomic E-state index is 2.46. The Balaban J connectivity index is 0.995. The number of para-hydroxylation sites is 2. The number of allylic oxidation sites excluding steroid dienone is 4. The molecule has 9 aromatic carbocycles. The van der Waals surface area contributed by atoms with Crippen LogP contribution in [-0.4, -0.2) is 4.57 Å². The average Bonchev–Trinajstić information content (AvgIpc) is 3.86. The fourth-order valence-electron chi connectivity index (χ4n) is 10.5. The van der Waals surface area contributed by atoms with E-state index in [1.54, 1.807) is 0 Å². The van der Waals surface area contributed by atoms with Crippen LogP contribution in [0.2, 0.25) is 0 Å². The lowest BCUT2D eigenvalue weighted by Gasteiger charge is -2.35. The summed E-state index contributed by atoms with van der Waals surface area (Å²) in [6.45, 7) is 0. The molecule has 0 bridgehead atoms. The van der Waals surface area contributed by atoms with Crippen LogP contribution in [0.25, 0.3) is 55.3 Å². The van der Waals surface area contributed by atoms with E-state index >= 15 is 0 Å². The number of nitrogens with zero attached hydrogens (tertiary/aromatic N) is 2. The molecule has 63 heavy (non-hydrogen) atoms. The third-order valence-electron chi connectivity index (χ3n) is 13.4. The molecule has 0 amide bonds. The van der Waals surface area contributed by atoms with Gasteiger partial charge in [-0.3, -0.25) is 0 Å². The van der Waals surface area contributed by atoms with Crippen LogP contribution in [0.1, 0.15) is 40.7 Å². The number of benzene rings is 9. The lowest BCUT2D eigenvalue weighted by Crippen LogP contribution is -2.28. The molecule has 0 N–H and O–H groups in total. The van der Waals surface area contributed by atoms with Gasteiger partial charge < -0.3 is 9.47 Å². The zero-order valence-electron chi connectivity index (χ0n) is 34.9. The van der Waals surface area contributed by atoms with Gasteiger partial charge in [0.1, 0.15) is 0 Å². The van der Waals surface area contributed by atoms with E-state index in [1.165, 1.54) is 83.1 Å². The van der Waals surface area contributed by atoms with Crippen molar-refractivity contribution in [2.45, 2.75) is 18.3 Å². The first-order valence-corrected chi connectivity index (χ1v) is 22.1. The van der Waals surface area contributed by atoms with Crippen molar-refractivity contribution in [3.8, 4) is 22.3 Å². The lowest BCUT2D eigenvalue weighted by molar-refractivity contribution is 0.768. The van der Waals surface area contributed by atoms with Crippen LogP contribution in [0.15, 0.2) is 243 Å². The molecule has 2 aliphatic carbocycles. The number of aromatic nitrogens is 1. The monoisotopic (exact) mass is 804 g/mol. The molecule has 2 aliphatic rings. The van der Waals surface area contributed by atoms with E-state index in [-0.39, 0.29) is 0 Å². The van der Waals surface area contributed by atoms with Gasteiger partial charge in [-0.1, -0.05) is 188 Å². The molecule has 0 radical (unpaired) electrons. The summed E-state index contributed by atoms with van der Waals surface area (Å²) in [5.74, 6) is 0. The summed E-state index contributed by atoms with van der Waals surface area (Å²) >= 11 is 0. The Labute approximate surface area is 369 Å². The molecule has 0 unspecified atom stereocenters. The standard InChI is InChI=1S/C61H44N2/c1-4-17-43(18-5-1)44-31-35-49(36-32-44)62(50-37-33-45(34-38-50)46-19-16-24-51(41-46)63-59-29-14-11-26-55(59)56-27-12-15-30-60(56)63)52-39-40-54-53-25-10-13-28-57(53)61(58(54)42-52,47-20-6-2-7-21-47)48-22-8-3-9-23-48/h1-15,17-18,20-42H,16,19H2. The molecule has 2 heteroatoms. The molecule has 1 aromatic heterocycles. The second-order valence-electron chi connectivity index (χ2n) is 16.8. The SMILES string of the molecule is C1=C(c2ccc(N(c3ccc(-c4ccccc4)cc3)c3ccc4c(c3)C(c3ccccc3)(c3ccccc3)c3ccccc3-4)cc2)CCC=C1n1c2ccccc2c2ccccc21. The normalized spacial score (nSPS) is 13.9. The molecule has 1 heterocycles. The number of rotatable bonds is 8. The second-order valence-corrected chi connectivity index (χ2v) is 16.8. The van der Waals surface area contributed by atoms with Crippen molar-refractivity contribution in [3.05, 3.63) is 270 Å². The summed E-state index contributed by atoms with van der Waals surface area (Å²) in [6, 6.07) is 84.8. The van der Waals surface area contributed by atoms with Gasteiger partial charge in [0.25, 0.3) is 0 Å². The van der Waals surface area contributed by atoms with Crippen molar-refractivity contribution in [1.82, 2.24) is 4.57 Å². The highest BCUT2D eigenvalue weighted by Crippen LogP contribution is 2.57. The summed E-state index contributed by atoms with van der Waals surface area (Å²) in [5, 5.41) is 2.58. The summed E-state index contributed by atoms with van der Waals surface area (Å²) < 4.78 is 2.44. The first kappa shape index (κ1) is 36.9. The minimum absolute atomic E-state index is 0.494. The first-order valence-electron chi connectivity index (χ1n) is 22.1. The van der Waals surface area contributed by atoms with Gasteiger partial charge in [-0.2, -0.15) is 0 Å². The predicted octanol–water partition coefficient (Wildman–Crippen LogP) is 16.0. The molecule has 298 valence electrons. The zero-order valence-corrected chi connectivity index (χ0v) is 34.9.